The van der Waals surface area contributed by atoms with Crippen molar-refractivity contribution in [2.45, 2.75) is 26.3 Å². The van der Waals surface area contributed by atoms with Crippen molar-refractivity contribution in [2.75, 3.05) is 11.9 Å². The Morgan fingerprint density at radius 1 is 1.73 bits per heavy atom. The minimum absolute atomic E-state index is 0.0248. The first-order valence-electron chi connectivity index (χ1n) is 4.78. The molecule has 0 aliphatic carbocycles. The van der Waals surface area contributed by atoms with E-state index in [0.29, 0.717) is 16.8 Å². The van der Waals surface area contributed by atoms with Gasteiger partial charge in [-0.25, -0.2) is 4.98 Å². The quantitative estimate of drug-likeness (QED) is 0.838. The molecule has 1 heterocycles. The van der Waals surface area contributed by atoms with Gasteiger partial charge >= 0.3 is 0 Å². The lowest BCUT2D eigenvalue weighted by Gasteiger charge is -2.12. The monoisotopic (exact) mass is 247 g/mol. The van der Waals surface area contributed by atoms with E-state index in [9.17, 15) is 4.79 Å². The number of carbonyl (C=O) groups is 1. The maximum atomic E-state index is 11.5. The molecule has 2 N–H and O–H groups in total. The highest BCUT2D eigenvalue weighted by molar-refractivity contribution is 7.14. The normalized spacial score (nSPS) is 12.2. The minimum atomic E-state index is -0.293. The van der Waals surface area contributed by atoms with E-state index >= 15 is 0 Å². The minimum Gasteiger partial charge on any atom is -0.354 e. The van der Waals surface area contributed by atoms with Gasteiger partial charge in [0, 0.05) is 11.9 Å². The van der Waals surface area contributed by atoms with Crippen LogP contribution in [-0.2, 0) is 4.79 Å². The number of amides is 1. The van der Waals surface area contributed by atoms with Gasteiger partial charge in [-0.3, -0.25) is 4.79 Å². The fourth-order valence-corrected chi connectivity index (χ4v) is 1.90. The number of hydrogen-bond acceptors (Lipinski definition) is 4. The molecule has 0 saturated heterocycles. The van der Waals surface area contributed by atoms with Crippen molar-refractivity contribution < 1.29 is 4.79 Å². The molecule has 0 aromatic carbocycles. The van der Waals surface area contributed by atoms with Gasteiger partial charge in [0.25, 0.3) is 0 Å². The van der Waals surface area contributed by atoms with Crippen LogP contribution in [0.1, 0.15) is 20.3 Å². The molecule has 0 saturated carbocycles. The molecular formula is C9H14ClN3OS. The average Bonchev–Trinajstić information content (AvgIpc) is 2.60. The summed E-state index contributed by atoms with van der Waals surface area (Å²) in [6.07, 6.45) is 0.932. The third-order valence-electron chi connectivity index (χ3n) is 1.76. The largest absolute Gasteiger partial charge is 0.354 e. The van der Waals surface area contributed by atoms with Crippen LogP contribution in [0.5, 0.6) is 0 Å². The molecule has 1 unspecified atom stereocenters. The van der Waals surface area contributed by atoms with Gasteiger partial charge in [-0.15, -0.1) is 11.3 Å². The number of thiazole rings is 1. The van der Waals surface area contributed by atoms with Gasteiger partial charge in [-0.1, -0.05) is 18.5 Å². The first-order valence-corrected chi connectivity index (χ1v) is 6.04. The lowest BCUT2D eigenvalue weighted by molar-refractivity contribution is -0.121. The van der Waals surface area contributed by atoms with Crippen LogP contribution in [0.4, 0.5) is 5.13 Å². The zero-order chi connectivity index (χ0) is 11.3. The molecule has 15 heavy (non-hydrogen) atoms. The molecule has 6 heteroatoms. The Morgan fingerprint density at radius 2 is 2.47 bits per heavy atom. The van der Waals surface area contributed by atoms with E-state index in [-0.39, 0.29) is 11.9 Å². The Bertz CT molecular complexity index is 329. The van der Waals surface area contributed by atoms with Crippen LogP contribution in [-0.4, -0.2) is 23.5 Å². The highest BCUT2D eigenvalue weighted by atomic mass is 35.5. The number of nitrogens with zero attached hydrogens (tertiary/aromatic N) is 1. The number of halogens is 1. The van der Waals surface area contributed by atoms with Gasteiger partial charge in [0.15, 0.2) is 5.13 Å². The first kappa shape index (κ1) is 12.3. The predicted molar refractivity (Wildman–Crippen MR) is 63.5 cm³/mol. The van der Waals surface area contributed by atoms with Crippen molar-refractivity contribution >= 4 is 34.0 Å². The standard InChI is InChI=1S/C9H14ClN3OS/c1-3-4-11-8(14)6(2)12-9-13-7(10)5-15-9/h5-6H,3-4H2,1-2H3,(H,11,14)(H,12,13). The van der Waals surface area contributed by atoms with Gasteiger partial charge < -0.3 is 10.6 Å². The third-order valence-corrected chi connectivity index (χ3v) is 2.86. The molecule has 1 aromatic rings. The van der Waals surface area contributed by atoms with E-state index in [1.807, 2.05) is 6.92 Å². The van der Waals surface area contributed by atoms with Crippen molar-refractivity contribution in [2.24, 2.45) is 0 Å². The molecule has 0 radical (unpaired) electrons. The summed E-state index contributed by atoms with van der Waals surface area (Å²) < 4.78 is 0. The molecule has 84 valence electrons. The SMILES string of the molecule is CCCNC(=O)C(C)Nc1nc(Cl)cs1. The second-order valence-corrected chi connectivity index (χ2v) is 4.38. The number of carbonyl (C=O) groups excluding carboxylic acids is 1. The Hall–Kier alpha value is -0.810. The third kappa shape index (κ3) is 4.05. The maximum absolute atomic E-state index is 11.5. The summed E-state index contributed by atoms with van der Waals surface area (Å²) in [5, 5.41) is 8.62. The molecule has 4 nitrogen and oxygen atoms in total. The van der Waals surface area contributed by atoms with Crippen molar-refractivity contribution in [3.8, 4) is 0 Å². The van der Waals surface area contributed by atoms with Crippen LogP contribution in [0.2, 0.25) is 5.15 Å². The van der Waals surface area contributed by atoms with E-state index in [1.165, 1.54) is 11.3 Å². The second kappa shape index (κ2) is 5.92. The Labute approximate surface area is 98.0 Å². The Balaban J connectivity index is 2.41. The van der Waals surface area contributed by atoms with E-state index in [4.69, 9.17) is 11.6 Å². The predicted octanol–water partition coefficient (Wildman–Crippen LogP) is 2.12. The fourth-order valence-electron chi connectivity index (χ4n) is 0.973. The average molecular weight is 248 g/mol. The van der Waals surface area contributed by atoms with Gasteiger partial charge in [0.2, 0.25) is 5.91 Å². The van der Waals surface area contributed by atoms with Crippen molar-refractivity contribution in [3.63, 3.8) is 0 Å². The fraction of sp³-hybridized carbons (Fsp3) is 0.556. The Kier molecular flexibility index (Phi) is 4.84. The lowest BCUT2D eigenvalue weighted by Crippen LogP contribution is -2.37. The summed E-state index contributed by atoms with van der Waals surface area (Å²) in [4.78, 5) is 15.5. The molecule has 0 aliphatic rings. The van der Waals surface area contributed by atoms with Crippen LogP contribution in [0.3, 0.4) is 0 Å². The number of nitrogens with one attached hydrogen (secondary N) is 2. The summed E-state index contributed by atoms with van der Waals surface area (Å²) in [6, 6.07) is -0.293. The number of aromatic nitrogens is 1. The highest BCUT2D eigenvalue weighted by Crippen LogP contribution is 2.19. The topological polar surface area (TPSA) is 54.0 Å². The van der Waals surface area contributed by atoms with Crippen LogP contribution in [0.25, 0.3) is 0 Å². The van der Waals surface area contributed by atoms with Crippen LogP contribution in [0, 0.1) is 0 Å². The zero-order valence-electron chi connectivity index (χ0n) is 8.71. The number of hydrogen-bond donors (Lipinski definition) is 2. The molecule has 0 fully saturated rings. The molecule has 1 amide bonds. The van der Waals surface area contributed by atoms with E-state index in [1.54, 1.807) is 12.3 Å². The van der Waals surface area contributed by atoms with Crippen molar-refractivity contribution in [3.05, 3.63) is 10.5 Å². The molecule has 1 rings (SSSR count). The molecule has 0 bridgehead atoms. The number of anilines is 1. The lowest BCUT2D eigenvalue weighted by atomic mass is 10.3. The Morgan fingerprint density at radius 3 is 3.00 bits per heavy atom. The maximum Gasteiger partial charge on any atom is 0.242 e. The molecule has 1 atom stereocenters. The van der Waals surface area contributed by atoms with E-state index < -0.39 is 0 Å². The molecule has 0 aliphatic heterocycles. The van der Waals surface area contributed by atoms with Crippen molar-refractivity contribution in [1.82, 2.24) is 10.3 Å². The summed E-state index contributed by atoms with van der Waals surface area (Å²) in [6.45, 7) is 4.50. The second-order valence-electron chi connectivity index (χ2n) is 3.13. The summed E-state index contributed by atoms with van der Waals surface area (Å²) in [5.74, 6) is -0.0248. The van der Waals surface area contributed by atoms with Crippen molar-refractivity contribution in [1.29, 1.82) is 0 Å². The summed E-state index contributed by atoms with van der Waals surface area (Å²) in [5.41, 5.74) is 0. The smallest absolute Gasteiger partial charge is 0.242 e. The number of rotatable bonds is 5. The van der Waals surface area contributed by atoms with Gasteiger partial charge in [0.1, 0.15) is 11.2 Å². The van der Waals surface area contributed by atoms with Gasteiger partial charge in [-0.2, -0.15) is 0 Å². The molecule has 0 spiro atoms. The van der Waals surface area contributed by atoms with Gasteiger partial charge in [-0.05, 0) is 13.3 Å². The first-order chi connectivity index (χ1) is 7.13. The molecule has 1 aromatic heterocycles. The summed E-state index contributed by atoms with van der Waals surface area (Å²) >= 11 is 7.05. The van der Waals surface area contributed by atoms with Crippen LogP contribution in [0.15, 0.2) is 5.38 Å². The van der Waals surface area contributed by atoms with Gasteiger partial charge in [0.05, 0.1) is 0 Å². The molecular weight excluding hydrogens is 234 g/mol. The zero-order valence-corrected chi connectivity index (χ0v) is 10.3. The van der Waals surface area contributed by atoms with E-state index in [2.05, 4.69) is 15.6 Å². The highest BCUT2D eigenvalue weighted by Gasteiger charge is 2.12. The van der Waals surface area contributed by atoms with Crippen LogP contribution < -0.4 is 10.6 Å². The van der Waals surface area contributed by atoms with E-state index in [0.717, 1.165) is 6.42 Å². The van der Waals surface area contributed by atoms with Crippen LogP contribution >= 0.6 is 22.9 Å². The summed E-state index contributed by atoms with van der Waals surface area (Å²) in [7, 11) is 0.